The number of aliphatic hydroxyl groups excluding tert-OH is 3. The van der Waals surface area contributed by atoms with E-state index >= 15 is 0 Å². The van der Waals surface area contributed by atoms with E-state index in [9.17, 15) is 24.6 Å². The van der Waals surface area contributed by atoms with E-state index in [1.54, 1.807) is 0 Å². The molecule has 17 heteroatoms. The van der Waals surface area contributed by atoms with Gasteiger partial charge in [-0.15, -0.1) is 0 Å². The Bertz CT molecular complexity index is 1030. The number of hydrogen-bond donors (Lipinski definition) is 3. The van der Waals surface area contributed by atoms with Crippen molar-refractivity contribution in [1.29, 1.82) is 0 Å². The third-order valence-corrected chi connectivity index (χ3v) is 8.85. The highest BCUT2D eigenvalue weighted by atomic mass is 32.2. The van der Waals surface area contributed by atoms with Gasteiger partial charge in [0.25, 0.3) is 0 Å². The first-order chi connectivity index (χ1) is 19.2. The van der Waals surface area contributed by atoms with Gasteiger partial charge >= 0.3 is 17.9 Å². The van der Waals surface area contributed by atoms with Gasteiger partial charge in [-0.3, -0.25) is 24.4 Å². The molecule has 15 nitrogen and oxygen atoms in total. The van der Waals surface area contributed by atoms with Crippen molar-refractivity contribution in [2.24, 2.45) is 9.98 Å². The van der Waals surface area contributed by atoms with Gasteiger partial charge in [-0.25, -0.2) is 0 Å². The summed E-state index contributed by atoms with van der Waals surface area (Å²) >= 11 is 2.77. The minimum absolute atomic E-state index is 0.119. The lowest BCUT2D eigenvalue weighted by Gasteiger charge is -2.41. The molecule has 2 saturated heterocycles. The Morgan fingerprint density at radius 3 is 1.76 bits per heavy atom. The van der Waals surface area contributed by atoms with Gasteiger partial charge in [0.2, 0.25) is 0 Å². The van der Waals surface area contributed by atoms with Crippen LogP contribution in [-0.4, -0.2) is 154 Å². The fourth-order valence-corrected chi connectivity index (χ4v) is 6.70. The van der Waals surface area contributed by atoms with Crippen LogP contribution >= 0.6 is 23.5 Å². The summed E-state index contributed by atoms with van der Waals surface area (Å²) in [6.45, 7) is 3.37. The van der Waals surface area contributed by atoms with Gasteiger partial charge in [0.15, 0.2) is 22.5 Å². The number of fused-ring (bicyclic) bond motifs is 2. The second-order valence-electron chi connectivity index (χ2n) is 10.0. The SMILES string of the molecule is CC(=O)OC[C@H]1O[C@@H]2SC(N(C)C)=N[C@@H]2[C@@H](OC(C)=O)[C@@H]1OC(C)=O.CN(C)C1=N[C@@H]2[C@@H](O)[C@H](O)[C@@H](CO)O[C@@H]2S1. The van der Waals surface area contributed by atoms with Gasteiger partial charge < -0.3 is 48.8 Å². The summed E-state index contributed by atoms with van der Waals surface area (Å²) in [7, 11) is 7.39. The van der Waals surface area contributed by atoms with Crippen LogP contribution in [0.1, 0.15) is 20.8 Å². The second kappa shape index (κ2) is 14.3. The third-order valence-electron chi connectivity index (χ3n) is 6.25. The number of nitrogens with zero attached hydrogens (tertiary/aromatic N) is 4. The Balaban J connectivity index is 0.000000248. The molecule has 0 bridgehead atoms. The molecule has 0 unspecified atom stereocenters. The Morgan fingerprint density at radius 2 is 1.27 bits per heavy atom. The van der Waals surface area contributed by atoms with Gasteiger partial charge in [0.05, 0.1) is 6.61 Å². The molecular formula is C24H38N4O11S2. The highest BCUT2D eigenvalue weighted by Crippen LogP contribution is 2.40. The second-order valence-corrected chi connectivity index (χ2v) is 12.2. The Hall–Kier alpha value is -2.15. The maximum Gasteiger partial charge on any atom is 0.303 e. The van der Waals surface area contributed by atoms with Gasteiger partial charge in [0, 0.05) is 49.0 Å². The number of carbonyl (C=O) groups excluding carboxylic acids is 3. The molecule has 4 aliphatic rings. The number of ether oxygens (including phenoxy) is 5. The summed E-state index contributed by atoms with van der Waals surface area (Å²) in [6.07, 6.45) is -5.32. The molecule has 41 heavy (non-hydrogen) atoms. The first kappa shape index (κ1) is 33.4. The van der Waals surface area contributed by atoms with E-state index in [-0.39, 0.29) is 18.6 Å². The molecule has 4 aliphatic heterocycles. The Labute approximate surface area is 246 Å². The molecule has 4 rings (SSSR count). The van der Waals surface area contributed by atoms with Gasteiger partial charge in [-0.1, -0.05) is 23.5 Å². The molecule has 0 aromatic heterocycles. The number of thioether (sulfide) groups is 2. The first-order valence-corrected chi connectivity index (χ1v) is 14.6. The molecule has 0 aliphatic carbocycles. The maximum absolute atomic E-state index is 11.6. The zero-order chi connectivity index (χ0) is 30.6. The van der Waals surface area contributed by atoms with E-state index in [1.807, 2.05) is 38.0 Å². The lowest BCUT2D eigenvalue weighted by atomic mass is 9.98. The monoisotopic (exact) mass is 622 g/mol. The van der Waals surface area contributed by atoms with E-state index in [1.165, 1.54) is 44.3 Å². The van der Waals surface area contributed by atoms with Crippen molar-refractivity contribution >= 4 is 51.8 Å². The topological polar surface area (TPSA) is 189 Å². The van der Waals surface area contributed by atoms with Crippen LogP contribution in [0.15, 0.2) is 9.98 Å². The summed E-state index contributed by atoms with van der Waals surface area (Å²) < 4.78 is 27.2. The average molecular weight is 623 g/mol. The predicted molar refractivity (Wildman–Crippen MR) is 149 cm³/mol. The van der Waals surface area contributed by atoms with Crippen LogP contribution in [0.2, 0.25) is 0 Å². The summed E-state index contributed by atoms with van der Waals surface area (Å²) in [5.74, 6) is -1.56. The zero-order valence-corrected chi connectivity index (χ0v) is 25.5. The van der Waals surface area contributed by atoms with Crippen LogP contribution in [0.5, 0.6) is 0 Å². The highest BCUT2D eigenvalue weighted by molar-refractivity contribution is 8.14. The van der Waals surface area contributed by atoms with Crippen LogP contribution in [-0.2, 0) is 38.1 Å². The number of hydrogen-bond acceptors (Lipinski definition) is 17. The molecule has 0 radical (unpaired) electrons. The van der Waals surface area contributed by atoms with E-state index in [4.69, 9.17) is 28.8 Å². The molecule has 0 aromatic carbocycles. The molecule has 10 atom stereocenters. The number of esters is 3. The van der Waals surface area contributed by atoms with Crippen LogP contribution in [0.25, 0.3) is 0 Å². The Kier molecular flexibility index (Phi) is 11.7. The number of carbonyl (C=O) groups is 3. The van der Waals surface area contributed by atoms with E-state index < -0.39 is 72.1 Å². The predicted octanol–water partition coefficient (Wildman–Crippen LogP) is -1.37. The lowest BCUT2D eigenvalue weighted by molar-refractivity contribution is -0.208. The van der Waals surface area contributed by atoms with Crippen LogP contribution < -0.4 is 0 Å². The van der Waals surface area contributed by atoms with Crippen molar-refractivity contribution in [2.45, 2.75) is 80.4 Å². The minimum Gasteiger partial charge on any atom is -0.463 e. The zero-order valence-electron chi connectivity index (χ0n) is 23.9. The van der Waals surface area contributed by atoms with Gasteiger partial charge in [-0.2, -0.15) is 0 Å². The summed E-state index contributed by atoms with van der Waals surface area (Å²) in [5.41, 5.74) is -0.762. The average Bonchev–Trinajstić information content (AvgIpc) is 3.51. The van der Waals surface area contributed by atoms with Gasteiger partial charge in [0.1, 0.15) is 54.0 Å². The van der Waals surface area contributed by atoms with Crippen molar-refractivity contribution in [3.8, 4) is 0 Å². The molecular weight excluding hydrogens is 584 g/mol. The Morgan fingerprint density at radius 1 is 0.780 bits per heavy atom. The molecule has 0 amide bonds. The molecule has 0 aromatic rings. The molecule has 232 valence electrons. The summed E-state index contributed by atoms with van der Waals surface area (Å²) in [6, 6.07) is -0.982. The van der Waals surface area contributed by atoms with Crippen molar-refractivity contribution < 1.29 is 53.4 Å². The van der Waals surface area contributed by atoms with Crippen molar-refractivity contribution in [1.82, 2.24) is 9.80 Å². The largest absolute Gasteiger partial charge is 0.463 e. The van der Waals surface area contributed by atoms with Crippen molar-refractivity contribution in [3.05, 3.63) is 0 Å². The lowest BCUT2D eigenvalue weighted by Crippen LogP contribution is -2.59. The fourth-order valence-electron chi connectivity index (χ4n) is 4.39. The molecule has 0 saturated carbocycles. The van der Waals surface area contributed by atoms with E-state index in [0.717, 1.165) is 5.17 Å². The third kappa shape index (κ3) is 8.24. The van der Waals surface area contributed by atoms with E-state index in [0.29, 0.717) is 5.17 Å². The number of rotatable bonds is 5. The van der Waals surface area contributed by atoms with Crippen molar-refractivity contribution in [2.75, 3.05) is 41.4 Å². The van der Waals surface area contributed by atoms with Crippen molar-refractivity contribution in [3.63, 3.8) is 0 Å². The minimum atomic E-state index is -1.09. The van der Waals surface area contributed by atoms with E-state index in [2.05, 4.69) is 9.98 Å². The van der Waals surface area contributed by atoms with Gasteiger partial charge in [-0.05, 0) is 0 Å². The number of amidine groups is 2. The summed E-state index contributed by atoms with van der Waals surface area (Å²) in [4.78, 5) is 46.7. The van der Waals surface area contributed by atoms with Crippen LogP contribution in [0.3, 0.4) is 0 Å². The highest BCUT2D eigenvalue weighted by Gasteiger charge is 2.53. The maximum atomic E-state index is 11.6. The van der Waals surface area contributed by atoms with Crippen LogP contribution in [0, 0.1) is 0 Å². The standard InChI is InChI=1S/C15H22N2O7S.C9H16N2O4S/c1-7(18)21-6-10-12(22-8(2)19)13(23-9(3)20)11-14(24-10)25-15(16-11)17(4)5;1-11(2)9-10-5-7(14)6(13)4(3-12)15-8(5)16-9/h10-14H,6H2,1-5H3;4-8,12-14H,3H2,1-2H3/t10-,11-,12-,13-,14-;4-,5-,6-,7-,8-/m11/s1. The normalized spacial score (nSPS) is 35.5. The quantitative estimate of drug-likeness (QED) is 0.240. The molecule has 3 N–H and O–H groups in total. The molecule has 2 fully saturated rings. The first-order valence-electron chi connectivity index (χ1n) is 12.8. The number of aliphatic hydroxyl groups is 3. The van der Waals surface area contributed by atoms with Crippen LogP contribution in [0.4, 0.5) is 0 Å². The summed E-state index contributed by atoms with van der Waals surface area (Å²) in [5, 5.41) is 30.0. The molecule has 4 heterocycles. The molecule has 0 spiro atoms. The number of aliphatic imine (C=N–C) groups is 2. The fraction of sp³-hybridized carbons (Fsp3) is 0.792. The smallest absolute Gasteiger partial charge is 0.303 e.